The molecule has 1 aliphatic heterocycles. The fourth-order valence-corrected chi connectivity index (χ4v) is 3.24. The Kier molecular flexibility index (Phi) is 2.95. The standard InChI is InChI=1S/C16H23N3O/c1-11(2)13-5-14(15(3,4)8-17)19(18-13)12-6-16(7-12)9-20-10-16/h5,11-12H,6-7,9-10H2,1-4H3. The third kappa shape index (κ3) is 1.96. The van der Waals surface area contributed by atoms with E-state index in [1.165, 1.54) is 0 Å². The highest BCUT2D eigenvalue weighted by Crippen LogP contribution is 2.53. The third-order valence-electron chi connectivity index (χ3n) is 4.77. The molecule has 0 aromatic carbocycles. The summed E-state index contributed by atoms with van der Waals surface area (Å²) < 4.78 is 7.47. The summed E-state index contributed by atoms with van der Waals surface area (Å²) in [6, 6.07) is 4.98. The summed E-state index contributed by atoms with van der Waals surface area (Å²) >= 11 is 0. The van der Waals surface area contributed by atoms with Gasteiger partial charge in [-0.2, -0.15) is 10.4 Å². The van der Waals surface area contributed by atoms with Crippen molar-refractivity contribution >= 4 is 0 Å². The molecule has 0 bridgehead atoms. The molecule has 0 amide bonds. The zero-order valence-electron chi connectivity index (χ0n) is 12.8. The minimum Gasteiger partial charge on any atom is -0.380 e. The highest BCUT2D eigenvalue weighted by molar-refractivity contribution is 5.28. The maximum atomic E-state index is 9.44. The molecule has 2 aliphatic rings. The fraction of sp³-hybridized carbons (Fsp3) is 0.750. The molecule has 108 valence electrons. The molecule has 1 aliphatic carbocycles. The van der Waals surface area contributed by atoms with Crippen LogP contribution in [0.3, 0.4) is 0 Å². The summed E-state index contributed by atoms with van der Waals surface area (Å²) in [5.41, 5.74) is 2.08. The molecule has 0 atom stereocenters. The van der Waals surface area contributed by atoms with Gasteiger partial charge in [0.2, 0.25) is 0 Å². The van der Waals surface area contributed by atoms with Gasteiger partial charge in [0.05, 0.1) is 42.1 Å². The van der Waals surface area contributed by atoms with Crippen molar-refractivity contribution in [3.63, 3.8) is 0 Å². The Hall–Kier alpha value is -1.34. The number of ether oxygens (including phenoxy) is 1. The van der Waals surface area contributed by atoms with Crippen LogP contribution in [0.25, 0.3) is 0 Å². The zero-order chi connectivity index (χ0) is 14.5. The molecule has 4 nitrogen and oxygen atoms in total. The van der Waals surface area contributed by atoms with Crippen LogP contribution < -0.4 is 0 Å². The molecule has 1 saturated heterocycles. The Morgan fingerprint density at radius 3 is 2.55 bits per heavy atom. The molecule has 20 heavy (non-hydrogen) atoms. The molecule has 1 aromatic heterocycles. The van der Waals surface area contributed by atoms with Crippen molar-refractivity contribution in [2.75, 3.05) is 13.2 Å². The molecular weight excluding hydrogens is 250 g/mol. The third-order valence-corrected chi connectivity index (χ3v) is 4.77. The normalized spacial score (nSPS) is 21.6. The molecule has 2 heterocycles. The quantitative estimate of drug-likeness (QED) is 0.850. The SMILES string of the molecule is CC(C)c1cc(C(C)(C)C#N)n(C2CC3(COC3)C2)n1. The van der Waals surface area contributed by atoms with Crippen LogP contribution in [0.15, 0.2) is 6.07 Å². The van der Waals surface area contributed by atoms with Gasteiger partial charge in [0.1, 0.15) is 0 Å². The van der Waals surface area contributed by atoms with Crippen LogP contribution in [0.4, 0.5) is 0 Å². The molecule has 1 saturated carbocycles. The summed E-state index contributed by atoms with van der Waals surface area (Å²) in [6.45, 7) is 10.1. The average molecular weight is 273 g/mol. The van der Waals surface area contributed by atoms with Crippen molar-refractivity contribution in [2.24, 2.45) is 5.41 Å². The summed E-state index contributed by atoms with van der Waals surface area (Å²) in [6.07, 6.45) is 2.28. The monoisotopic (exact) mass is 273 g/mol. The summed E-state index contributed by atoms with van der Waals surface area (Å²) in [5, 5.41) is 14.2. The number of rotatable bonds is 3. The highest BCUT2D eigenvalue weighted by Gasteiger charge is 2.51. The minimum absolute atomic E-state index is 0.394. The molecule has 1 spiro atoms. The lowest BCUT2D eigenvalue weighted by Crippen LogP contribution is -2.53. The van der Waals surface area contributed by atoms with E-state index >= 15 is 0 Å². The van der Waals surface area contributed by atoms with Crippen molar-refractivity contribution in [3.8, 4) is 6.07 Å². The number of hydrogen-bond donors (Lipinski definition) is 0. The van der Waals surface area contributed by atoms with Gasteiger partial charge in [-0.25, -0.2) is 0 Å². The lowest BCUT2D eigenvalue weighted by Gasteiger charge is -2.53. The zero-order valence-corrected chi connectivity index (χ0v) is 12.8. The predicted octanol–water partition coefficient (Wildman–Crippen LogP) is 3.16. The Labute approximate surface area is 120 Å². The van der Waals surface area contributed by atoms with Crippen molar-refractivity contribution in [3.05, 3.63) is 17.5 Å². The Morgan fingerprint density at radius 2 is 2.10 bits per heavy atom. The maximum absolute atomic E-state index is 9.44. The van der Waals surface area contributed by atoms with Gasteiger partial charge in [-0.15, -0.1) is 0 Å². The lowest BCUT2D eigenvalue weighted by molar-refractivity contribution is -0.176. The van der Waals surface area contributed by atoms with E-state index in [2.05, 4.69) is 30.7 Å². The van der Waals surface area contributed by atoms with Crippen LogP contribution in [-0.2, 0) is 10.2 Å². The van der Waals surface area contributed by atoms with Crippen molar-refractivity contribution in [2.45, 2.75) is 57.9 Å². The number of hydrogen-bond acceptors (Lipinski definition) is 3. The number of nitriles is 1. The lowest BCUT2D eigenvalue weighted by atomic mass is 9.64. The van der Waals surface area contributed by atoms with Crippen LogP contribution in [0.5, 0.6) is 0 Å². The predicted molar refractivity (Wildman–Crippen MR) is 76.5 cm³/mol. The number of aromatic nitrogens is 2. The fourth-order valence-electron chi connectivity index (χ4n) is 3.24. The smallest absolute Gasteiger partial charge is 0.0934 e. The van der Waals surface area contributed by atoms with E-state index < -0.39 is 5.41 Å². The summed E-state index contributed by atoms with van der Waals surface area (Å²) in [5.74, 6) is 0.394. The van der Waals surface area contributed by atoms with Crippen molar-refractivity contribution in [1.29, 1.82) is 5.26 Å². The highest BCUT2D eigenvalue weighted by atomic mass is 16.5. The van der Waals surface area contributed by atoms with E-state index in [1.807, 2.05) is 13.8 Å². The Bertz CT molecular complexity index is 553. The molecule has 0 N–H and O–H groups in total. The maximum Gasteiger partial charge on any atom is 0.0934 e. The molecule has 0 radical (unpaired) electrons. The largest absolute Gasteiger partial charge is 0.380 e. The second-order valence-electron chi connectivity index (χ2n) is 7.35. The van der Waals surface area contributed by atoms with Gasteiger partial charge < -0.3 is 4.74 Å². The van der Waals surface area contributed by atoms with E-state index in [9.17, 15) is 5.26 Å². The Morgan fingerprint density at radius 1 is 1.45 bits per heavy atom. The number of nitrogens with zero attached hydrogens (tertiary/aromatic N) is 3. The van der Waals surface area contributed by atoms with E-state index in [0.717, 1.165) is 37.4 Å². The van der Waals surface area contributed by atoms with Crippen LogP contribution >= 0.6 is 0 Å². The van der Waals surface area contributed by atoms with Gasteiger partial charge in [-0.05, 0) is 38.7 Å². The molecule has 3 rings (SSSR count). The second kappa shape index (κ2) is 4.33. The second-order valence-corrected chi connectivity index (χ2v) is 7.35. The van der Waals surface area contributed by atoms with E-state index in [1.54, 1.807) is 0 Å². The first-order valence-corrected chi connectivity index (χ1v) is 7.46. The van der Waals surface area contributed by atoms with Crippen molar-refractivity contribution in [1.82, 2.24) is 9.78 Å². The van der Waals surface area contributed by atoms with Crippen molar-refractivity contribution < 1.29 is 4.74 Å². The van der Waals surface area contributed by atoms with Gasteiger partial charge in [-0.3, -0.25) is 4.68 Å². The van der Waals surface area contributed by atoms with Gasteiger partial charge in [0.15, 0.2) is 0 Å². The van der Waals surface area contributed by atoms with Crippen LogP contribution in [-0.4, -0.2) is 23.0 Å². The van der Waals surface area contributed by atoms with E-state index in [-0.39, 0.29) is 0 Å². The van der Waals surface area contributed by atoms with Gasteiger partial charge in [-0.1, -0.05) is 13.8 Å². The van der Waals surface area contributed by atoms with Gasteiger partial charge >= 0.3 is 0 Å². The molecule has 0 unspecified atom stereocenters. The van der Waals surface area contributed by atoms with Gasteiger partial charge in [0, 0.05) is 5.41 Å². The van der Waals surface area contributed by atoms with Gasteiger partial charge in [0.25, 0.3) is 0 Å². The van der Waals surface area contributed by atoms with E-state index in [0.29, 0.717) is 17.4 Å². The van der Waals surface area contributed by atoms with Crippen LogP contribution in [0.1, 0.15) is 63.9 Å². The molecule has 4 heteroatoms. The van der Waals surface area contributed by atoms with Crippen LogP contribution in [0, 0.1) is 16.7 Å². The topological polar surface area (TPSA) is 50.8 Å². The molecule has 2 fully saturated rings. The first-order valence-electron chi connectivity index (χ1n) is 7.46. The Balaban J connectivity index is 1.91. The summed E-state index contributed by atoms with van der Waals surface area (Å²) in [4.78, 5) is 0. The molecule has 1 aromatic rings. The minimum atomic E-state index is -0.487. The first kappa shape index (κ1) is 13.6. The average Bonchev–Trinajstić information content (AvgIpc) is 2.71. The first-order chi connectivity index (χ1) is 9.37. The van der Waals surface area contributed by atoms with E-state index in [4.69, 9.17) is 9.84 Å². The molecular formula is C16H23N3O. The van der Waals surface area contributed by atoms with Crippen LogP contribution in [0.2, 0.25) is 0 Å². The summed E-state index contributed by atoms with van der Waals surface area (Å²) in [7, 11) is 0.